The molecule has 0 aromatic heterocycles. The molecule has 2 aromatic rings. The molecule has 7 heteroatoms. The Bertz CT molecular complexity index is 805. The molecule has 0 bridgehead atoms. The number of benzene rings is 2. The number of carboxylic acids is 1. The molecular formula is C20H22ClNO5. The number of hydrogen-bond donors (Lipinski definition) is 2. The topological polar surface area (TPSA) is 84.9 Å². The minimum Gasteiger partial charge on any atom is -0.495 e. The summed E-state index contributed by atoms with van der Waals surface area (Å²) in [6.07, 6.45) is 0.112. The molecule has 1 unspecified atom stereocenters. The van der Waals surface area contributed by atoms with E-state index in [1.807, 2.05) is 13.8 Å². The summed E-state index contributed by atoms with van der Waals surface area (Å²) in [4.78, 5) is 24.1. The Balaban J connectivity index is 2.13. The van der Waals surface area contributed by atoms with Crippen LogP contribution in [0.15, 0.2) is 42.5 Å². The average Bonchev–Trinajstić information content (AvgIpc) is 2.64. The number of amides is 1. The van der Waals surface area contributed by atoms with Gasteiger partial charge in [0.15, 0.2) is 6.04 Å². The molecule has 144 valence electrons. The van der Waals surface area contributed by atoms with Crippen molar-refractivity contribution in [3.8, 4) is 5.75 Å². The van der Waals surface area contributed by atoms with E-state index in [4.69, 9.17) is 21.1 Å². The number of halogens is 1. The standard InChI is InChI=1S/C20H22ClNO5/c1-12(2)27-11-13-4-6-14(7-5-13)19(23)22-18(20(24)25)15-8-9-17(26-3)16(21)10-15/h4-10,12,18H,11H2,1-3H3,(H,22,23)(H,24,25). The average molecular weight is 392 g/mol. The lowest BCUT2D eigenvalue weighted by Gasteiger charge is -2.16. The monoisotopic (exact) mass is 391 g/mol. The molecule has 2 aromatic carbocycles. The normalized spacial score (nSPS) is 11.9. The molecule has 6 nitrogen and oxygen atoms in total. The highest BCUT2D eigenvalue weighted by molar-refractivity contribution is 6.32. The summed E-state index contributed by atoms with van der Waals surface area (Å²) in [5, 5.41) is 12.3. The van der Waals surface area contributed by atoms with Crippen molar-refractivity contribution in [2.75, 3.05) is 7.11 Å². The van der Waals surface area contributed by atoms with E-state index in [0.717, 1.165) is 5.56 Å². The van der Waals surface area contributed by atoms with E-state index in [1.165, 1.54) is 13.2 Å². The van der Waals surface area contributed by atoms with Crippen LogP contribution >= 0.6 is 11.6 Å². The lowest BCUT2D eigenvalue weighted by atomic mass is 10.1. The van der Waals surface area contributed by atoms with Gasteiger partial charge in [-0.25, -0.2) is 4.79 Å². The van der Waals surface area contributed by atoms with Crippen molar-refractivity contribution in [3.05, 3.63) is 64.2 Å². The zero-order valence-corrected chi connectivity index (χ0v) is 16.1. The summed E-state index contributed by atoms with van der Waals surface area (Å²) in [6.45, 7) is 4.33. The number of methoxy groups -OCH3 is 1. The smallest absolute Gasteiger partial charge is 0.330 e. The molecule has 2 rings (SSSR count). The lowest BCUT2D eigenvalue weighted by molar-refractivity contribution is -0.139. The third-order valence-electron chi connectivity index (χ3n) is 3.83. The Hall–Kier alpha value is -2.57. The fourth-order valence-corrected chi connectivity index (χ4v) is 2.65. The van der Waals surface area contributed by atoms with Gasteiger partial charge in [0, 0.05) is 5.56 Å². The van der Waals surface area contributed by atoms with Crippen molar-refractivity contribution in [1.82, 2.24) is 5.32 Å². The number of ether oxygens (including phenoxy) is 2. The van der Waals surface area contributed by atoms with Crippen molar-refractivity contribution in [2.24, 2.45) is 0 Å². The molecule has 0 saturated carbocycles. The Kier molecular flexibility index (Phi) is 7.21. The molecule has 0 radical (unpaired) electrons. The van der Waals surface area contributed by atoms with Gasteiger partial charge in [-0.15, -0.1) is 0 Å². The molecule has 2 N–H and O–H groups in total. The van der Waals surface area contributed by atoms with Crippen LogP contribution in [0, 0.1) is 0 Å². The van der Waals surface area contributed by atoms with Crippen molar-refractivity contribution in [2.45, 2.75) is 32.6 Å². The van der Waals surface area contributed by atoms with E-state index in [9.17, 15) is 14.7 Å². The van der Waals surface area contributed by atoms with Crippen molar-refractivity contribution in [1.29, 1.82) is 0 Å². The quantitative estimate of drug-likeness (QED) is 0.714. The Morgan fingerprint density at radius 2 is 1.81 bits per heavy atom. The van der Waals surface area contributed by atoms with Crippen molar-refractivity contribution < 1.29 is 24.2 Å². The molecule has 0 heterocycles. The first-order chi connectivity index (χ1) is 12.8. The van der Waals surface area contributed by atoms with Gasteiger partial charge in [0.1, 0.15) is 5.75 Å². The molecule has 0 saturated heterocycles. The van der Waals surface area contributed by atoms with Crippen LogP contribution in [-0.4, -0.2) is 30.2 Å². The first-order valence-corrected chi connectivity index (χ1v) is 8.77. The molecule has 0 aliphatic heterocycles. The van der Waals surface area contributed by atoms with Crippen LogP contribution in [0.3, 0.4) is 0 Å². The van der Waals surface area contributed by atoms with Gasteiger partial charge in [-0.1, -0.05) is 29.8 Å². The number of carboxylic acid groups (broad SMARTS) is 1. The number of carbonyl (C=O) groups is 2. The lowest BCUT2D eigenvalue weighted by Crippen LogP contribution is -2.33. The van der Waals surface area contributed by atoms with Gasteiger partial charge in [-0.05, 0) is 49.2 Å². The van der Waals surface area contributed by atoms with Gasteiger partial charge >= 0.3 is 5.97 Å². The van der Waals surface area contributed by atoms with E-state index in [0.29, 0.717) is 23.5 Å². The molecule has 0 aliphatic carbocycles. The Morgan fingerprint density at radius 3 is 2.33 bits per heavy atom. The maximum atomic E-state index is 12.5. The van der Waals surface area contributed by atoms with E-state index in [-0.39, 0.29) is 11.1 Å². The van der Waals surface area contributed by atoms with Gasteiger partial charge in [0.05, 0.1) is 24.8 Å². The van der Waals surface area contributed by atoms with Gasteiger partial charge in [-0.2, -0.15) is 0 Å². The zero-order chi connectivity index (χ0) is 20.0. The third-order valence-corrected chi connectivity index (χ3v) is 4.13. The van der Waals surface area contributed by atoms with Crippen LogP contribution in [0.1, 0.15) is 41.4 Å². The van der Waals surface area contributed by atoms with Crippen LogP contribution in [0.25, 0.3) is 0 Å². The fraction of sp³-hybridized carbons (Fsp3) is 0.300. The van der Waals surface area contributed by atoms with Gasteiger partial charge in [0.2, 0.25) is 0 Å². The first kappa shape index (κ1) is 20.7. The summed E-state index contributed by atoms with van der Waals surface area (Å²) in [6, 6.07) is 10.2. The molecule has 1 atom stereocenters. The molecule has 1 amide bonds. The molecule has 27 heavy (non-hydrogen) atoms. The summed E-state index contributed by atoms with van der Waals surface area (Å²) >= 11 is 6.06. The van der Waals surface area contributed by atoms with E-state index < -0.39 is 17.9 Å². The number of aliphatic carboxylic acids is 1. The SMILES string of the molecule is COc1ccc(C(NC(=O)c2ccc(COC(C)C)cc2)C(=O)O)cc1Cl. The largest absolute Gasteiger partial charge is 0.495 e. The maximum absolute atomic E-state index is 12.5. The maximum Gasteiger partial charge on any atom is 0.330 e. The van der Waals surface area contributed by atoms with Crippen LogP contribution in [-0.2, 0) is 16.1 Å². The van der Waals surface area contributed by atoms with Crippen LogP contribution < -0.4 is 10.1 Å². The second kappa shape index (κ2) is 9.39. The Labute approximate surface area is 163 Å². The second-order valence-electron chi connectivity index (χ2n) is 6.20. The zero-order valence-electron chi connectivity index (χ0n) is 15.4. The van der Waals surface area contributed by atoms with Crippen molar-refractivity contribution in [3.63, 3.8) is 0 Å². The van der Waals surface area contributed by atoms with E-state index in [2.05, 4.69) is 5.32 Å². The summed E-state index contributed by atoms with van der Waals surface area (Å²) < 4.78 is 10.6. The third kappa shape index (κ3) is 5.70. The van der Waals surface area contributed by atoms with Gasteiger partial charge in [-0.3, -0.25) is 4.79 Å². The predicted octanol–water partition coefficient (Wildman–Crippen LogP) is 3.83. The highest BCUT2D eigenvalue weighted by Crippen LogP contribution is 2.28. The van der Waals surface area contributed by atoms with Gasteiger partial charge < -0.3 is 19.9 Å². The first-order valence-electron chi connectivity index (χ1n) is 8.39. The number of hydrogen-bond acceptors (Lipinski definition) is 4. The second-order valence-corrected chi connectivity index (χ2v) is 6.60. The number of rotatable bonds is 8. The molecular weight excluding hydrogens is 370 g/mol. The summed E-state index contributed by atoms with van der Waals surface area (Å²) in [5.74, 6) is -1.26. The van der Waals surface area contributed by atoms with E-state index in [1.54, 1.807) is 36.4 Å². The summed E-state index contributed by atoms with van der Waals surface area (Å²) in [7, 11) is 1.47. The fourth-order valence-electron chi connectivity index (χ4n) is 2.38. The van der Waals surface area contributed by atoms with Crippen LogP contribution in [0.4, 0.5) is 0 Å². The molecule has 0 fully saturated rings. The highest BCUT2D eigenvalue weighted by Gasteiger charge is 2.23. The van der Waals surface area contributed by atoms with E-state index >= 15 is 0 Å². The van der Waals surface area contributed by atoms with Crippen LogP contribution in [0.2, 0.25) is 5.02 Å². The predicted molar refractivity (Wildman–Crippen MR) is 102 cm³/mol. The van der Waals surface area contributed by atoms with Crippen molar-refractivity contribution >= 4 is 23.5 Å². The van der Waals surface area contributed by atoms with Gasteiger partial charge in [0.25, 0.3) is 5.91 Å². The molecule has 0 aliphatic rings. The minimum atomic E-state index is -1.23. The summed E-state index contributed by atoms with van der Waals surface area (Å²) in [5.41, 5.74) is 1.63. The minimum absolute atomic E-state index is 0.112. The Morgan fingerprint density at radius 1 is 1.15 bits per heavy atom. The highest BCUT2D eigenvalue weighted by atomic mass is 35.5. The number of carbonyl (C=O) groups excluding carboxylic acids is 1. The molecule has 0 spiro atoms. The van der Waals surface area contributed by atoms with Crippen LogP contribution in [0.5, 0.6) is 5.75 Å². The number of nitrogens with one attached hydrogen (secondary N) is 1.